The molecule has 1 fully saturated rings. The van der Waals surface area contributed by atoms with E-state index >= 15 is 0 Å². The fourth-order valence-electron chi connectivity index (χ4n) is 3.02. The number of rotatable bonds is 3. The number of aliphatic hydroxyl groups is 1. The van der Waals surface area contributed by atoms with Gasteiger partial charge in [-0.15, -0.1) is 0 Å². The van der Waals surface area contributed by atoms with Crippen molar-refractivity contribution in [2.45, 2.75) is 36.8 Å². The van der Waals surface area contributed by atoms with Gasteiger partial charge in [-0.3, -0.25) is 0 Å². The van der Waals surface area contributed by atoms with Crippen molar-refractivity contribution < 1.29 is 5.11 Å². The van der Waals surface area contributed by atoms with Gasteiger partial charge >= 0.3 is 0 Å². The highest BCUT2D eigenvalue weighted by Gasteiger charge is 2.24. The van der Waals surface area contributed by atoms with Gasteiger partial charge in [-0.2, -0.15) is 0 Å². The monoisotopic (exact) mass is 318 g/mol. The van der Waals surface area contributed by atoms with Crippen LogP contribution in [0.15, 0.2) is 39.9 Å². The summed E-state index contributed by atoms with van der Waals surface area (Å²) in [6, 6.07) is 6.12. The highest BCUT2D eigenvalue weighted by molar-refractivity contribution is 7.97. The van der Waals surface area contributed by atoms with E-state index in [1.54, 1.807) is 18.0 Å². The van der Waals surface area contributed by atoms with Gasteiger partial charge in [0.2, 0.25) is 0 Å². The molecule has 1 aliphatic carbocycles. The number of aliphatic hydroxyl groups excluding tert-OH is 1. The Morgan fingerprint density at radius 1 is 1.41 bits per heavy atom. The average molecular weight is 318 g/mol. The number of hydrogen-bond donors (Lipinski definition) is 3. The molecule has 1 aromatic rings. The first-order chi connectivity index (χ1) is 10.5. The quantitative estimate of drug-likeness (QED) is 0.451. The van der Waals surface area contributed by atoms with Crippen molar-refractivity contribution in [3.05, 3.63) is 35.5 Å². The van der Waals surface area contributed by atoms with Crippen LogP contribution in [-0.4, -0.2) is 28.4 Å². The summed E-state index contributed by atoms with van der Waals surface area (Å²) in [7, 11) is 2.07. The molecule has 118 valence electrons. The van der Waals surface area contributed by atoms with Crippen LogP contribution in [0, 0.1) is 5.92 Å². The smallest absolute Gasteiger partial charge is 0.125 e. The Morgan fingerprint density at radius 3 is 2.95 bits per heavy atom. The second kappa shape index (κ2) is 6.32. The minimum atomic E-state index is -0.235. The van der Waals surface area contributed by atoms with Crippen molar-refractivity contribution in [2.24, 2.45) is 22.4 Å². The lowest BCUT2D eigenvalue weighted by Gasteiger charge is -2.09. The molecule has 6 heteroatoms. The van der Waals surface area contributed by atoms with Crippen molar-refractivity contribution in [1.29, 1.82) is 0 Å². The molecule has 0 bridgehead atoms. The van der Waals surface area contributed by atoms with Crippen molar-refractivity contribution >= 4 is 23.5 Å². The first kappa shape index (κ1) is 15.4. The number of hydrogen-bond acceptors (Lipinski definition) is 5. The van der Waals surface area contributed by atoms with Gasteiger partial charge < -0.3 is 16.6 Å². The normalized spacial score (nSPS) is 26.5. The number of allylic oxidation sites excluding steroid dienone is 1. The van der Waals surface area contributed by atoms with Gasteiger partial charge in [0.25, 0.3) is 0 Å². The zero-order valence-corrected chi connectivity index (χ0v) is 13.5. The lowest BCUT2D eigenvalue weighted by molar-refractivity contribution is 0.179. The van der Waals surface area contributed by atoms with E-state index in [2.05, 4.69) is 28.5 Å². The van der Waals surface area contributed by atoms with Crippen LogP contribution in [0.3, 0.4) is 0 Å². The van der Waals surface area contributed by atoms with E-state index in [4.69, 9.17) is 11.5 Å². The number of fused-ring (bicyclic) bond motifs is 1. The highest BCUT2D eigenvalue weighted by Crippen LogP contribution is 2.36. The fourth-order valence-corrected chi connectivity index (χ4v) is 3.93. The fraction of sp³-hybridized carbons (Fsp3) is 0.438. The second-order valence-electron chi connectivity index (χ2n) is 6.01. The lowest BCUT2D eigenvalue weighted by Crippen LogP contribution is -2.16. The van der Waals surface area contributed by atoms with Crippen LogP contribution in [0.5, 0.6) is 0 Å². The maximum atomic E-state index is 9.58. The van der Waals surface area contributed by atoms with Gasteiger partial charge in [0, 0.05) is 23.1 Å². The van der Waals surface area contributed by atoms with Crippen LogP contribution in [0.1, 0.15) is 24.8 Å². The number of aliphatic imine (C=N–C) groups is 1. The molecule has 2 atom stereocenters. The van der Waals surface area contributed by atoms with Gasteiger partial charge in [0.15, 0.2) is 0 Å². The molecule has 5 N–H and O–H groups in total. The highest BCUT2D eigenvalue weighted by atomic mass is 32.2. The van der Waals surface area contributed by atoms with E-state index in [-0.39, 0.29) is 12.0 Å². The third-order valence-electron chi connectivity index (χ3n) is 4.14. The molecule has 1 aromatic carbocycles. The molecule has 0 saturated heterocycles. The molecule has 2 aliphatic rings. The molecule has 22 heavy (non-hydrogen) atoms. The Balaban J connectivity index is 1.73. The van der Waals surface area contributed by atoms with Crippen molar-refractivity contribution in [1.82, 2.24) is 4.31 Å². The Morgan fingerprint density at radius 2 is 2.23 bits per heavy atom. The molecular formula is C16H22N4OS. The number of nitrogens with zero attached hydrogens (tertiary/aromatic N) is 2. The Labute approximate surface area is 135 Å². The van der Waals surface area contributed by atoms with Crippen LogP contribution in [0.4, 0.5) is 5.69 Å². The Bertz CT molecular complexity index is 629. The van der Waals surface area contributed by atoms with E-state index in [1.165, 1.54) is 10.5 Å². The van der Waals surface area contributed by atoms with E-state index in [9.17, 15) is 5.11 Å². The predicted octanol–water partition coefficient (Wildman–Crippen LogP) is 2.13. The molecule has 1 aliphatic heterocycles. The van der Waals surface area contributed by atoms with Crippen LogP contribution >= 0.6 is 11.9 Å². The second-order valence-corrected chi connectivity index (χ2v) is 7.26. The molecule has 0 spiro atoms. The standard InChI is InChI=1S/C16H22N4OS/c1-20-9-11-6-12(3-5-15(11)22-20)19-16(18)8-14(17)10-2-4-13(21)7-10/h3,5-6,8,10,13,21H,2,4,7,9,17H2,1H3,(H2,18,19)/b14-8-. The molecule has 2 unspecified atom stereocenters. The maximum Gasteiger partial charge on any atom is 0.125 e. The molecule has 5 nitrogen and oxygen atoms in total. The molecule has 0 radical (unpaired) electrons. The van der Waals surface area contributed by atoms with E-state index < -0.39 is 0 Å². The largest absolute Gasteiger partial charge is 0.402 e. The molecule has 0 amide bonds. The van der Waals surface area contributed by atoms with Crippen LogP contribution in [0.2, 0.25) is 0 Å². The summed E-state index contributed by atoms with van der Waals surface area (Å²) < 4.78 is 2.19. The summed E-state index contributed by atoms with van der Waals surface area (Å²) in [5.41, 5.74) is 14.9. The number of benzene rings is 1. The van der Waals surface area contributed by atoms with Crippen LogP contribution in [-0.2, 0) is 6.54 Å². The number of amidine groups is 1. The van der Waals surface area contributed by atoms with Crippen molar-refractivity contribution in [3.8, 4) is 0 Å². The average Bonchev–Trinajstić information content (AvgIpc) is 3.03. The molecule has 1 saturated carbocycles. The molecule has 1 heterocycles. The minimum absolute atomic E-state index is 0.217. The van der Waals surface area contributed by atoms with Gasteiger partial charge in [0.1, 0.15) is 5.84 Å². The summed E-state index contributed by atoms with van der Waals surface area (Å²) in [6.07, 6.45) is 3.95. The zero-order valence-electron chi connectivity index (χ0n) is 12.7. The van der Waals surface area contributed by atoms with Crippen molar-refractivity contribution in [2.75, 3.05) is 7.05 Å². The SMILES string of the molecule is CN1Cc2cc(N=C(N)/C=C(\N)C3CCC(O)C3)ccc2S1. The summed E-state index contributed by atoms with van der Waals surface area (Å²) in [5, 5.41) is 9.58. The molecule has 0 aromatic heterocycles. The molecular weight excluding hydrogens is 296 g/mol. The van der Waals surface area contributed by atoms with Crippen LogP contribution in [0.25, 0.3) is 0 Å². The zero-order chi connectivity index (χ0) is 15.7. The summed E-state index contributed by atoms with van der Waals surface area (Å²) in [4.78, 5) is 5.71. The van der Waals surface area contributed by atoms with Gasteiger partial charge in [0.05, 0.1) is 11.8 Å². The van der Waals surface area contributed by atoms with E-state index in [0.29, 0.717) is 11.5 Å². The lowest BCUT2D eigenvalue weighted by atomic mass is 10.0. The van der Waals surface area contributed by atoms with Gasteiger partial charge in [-0.25, -0.2) is 9.30 Å². The minimum Gasteiger partial charge on any atom is -0.402 e. The Hall–Kier alpha value is -1.50. The summed E-state index contributed by atoms with van der Waals surface area (Å²) in [6.45, 7) is 0.918. The third kappa shape index (κ3) is 3.45. The van der Waals surface area contributed by atoms with E-state index in [1.807, 2.05) is 6.07 Å². The summed E-state index contributed by atoms with van der Waals surface area (Å²) in [5.74, 6) is 0.631. The number of nitrogens with two attached hydrogens (primary N) is 2. The molecule has 3 rings (SSSR count). The van der Waals surface area contributed by atoms with Crippen molar-refractivity contribution in [3.63, 3.8) is 0 Å². The topological polar surface area (TPSA) is 87.9 Å². The van der Waals surface area contributed by atoms with Gasteiger partial charge in [-0.05, 0) is 68.1 Å². The van der Waals surface area contributed by atoms with E-state index in [0.717, 1.165) is 31.5 Å². The van der Waals surface area contributed by atoms with Gasteiger partial charge in [-0.1, -0.05) is 0 Å². The first-order valence-corrected chi connectivity index (χ1v) is 8.30. The third-order valence-corrected chi connectivity index (χ3v) is 5.18. The summed E-state index contributed by atoms with van der Waals surface area (Å²) >= 11 is 1.74. The maximum absolute atomic E-state index is 9.58. The van der Waals surface area contributed by atoms with Crippen LogP contribution < -0.4 is 11.5 Å². The first-order valence-electron chi connectivity index (χ1n) is 7.52. The Kier molecular flexibility index (Phi) is 4.42. The predicted molar refractivity (Wildman–Crippen MR) is 90.7 cm³/mol.